The highest BCUT2D eigenvalue weighted by atomic mass is 16.2. The van der Waals surface area contributed by atoms with Crippen molar-refractivity contribution in [2.75, 3.05) is 5.73 Å². The zero-order valence-corrected chi connectivity index (χ0v) is 9.60. The van der Waals surface area contributed by atoms with E-state index in [9.17, 15) is 14.4 Å². The summed E-state index contributed by atoms with van der Waals surface area (Å²) in [6.45, 7) is 0. The van der Waals surface area contributed by atoms with Gasteiger partial charge in [0.1, 0.15) is 6.04 Å². The second-order valence-corrected chi connectivity index (χ2v) is 4.10. The van der Waals surface area contributed by atoms with Crippen LogP contribution in [0.5, 0.6) is 0 Å². The number of nitrogens with one attached hydrogen (secondary N) is 2. The number of carbonyl (C=O) groups excluding carboxylic acids is 3. The van der Waals surface area contributed by atoms with E-state index in [4.69, 9.17) is 5.73 Å². The summed E-state index contributed by atoms with van der Waals surface area (Å²) in [5, 5.41) is 4.76. The molecule has 6 nitrogen and oxygen atoms in total. The lowest BCUT2D eigenvalue weighted by Crippen LogP contribution is -2.52. The van der Waals surface area contributed by atoms with Crippen LogP contribution in [-0.4, -0.2) is 23.8 Å². The van der Waals surface area contributed by atoms with Crippen molar-refractivity contribution in [3.8, 4) is 0 Å². The van der Waals surface area contributed by atoms with Gasteiger partial charge in [-0.15, -0.1) is 0 Å². The number of hydrogen-bond acceptors (Lipinski definition) is 4. The zero-order valence-electron chi connectivity index (χ0n) is 9.60. The molecule has 0 unspecified atom stereocenters. The molecular formula is C12H13N3O3. The van der Waals surface area contributed by atoms with Crippen LogP contribution in [0.3, 0.4) is 0 Å². The Morgan fingerprint density at radius 1 is 1.28 bits per heavy atom. The van der Waals surface area contributed by atoms with Crippen LogP contribution in [0.1, 0.15) is 23.2 Å². The lowest BCUT2D eigenvalue weighted by Gasteiger charge is -2.21. The van der Waals surface area contributed by atoms with Crippen molar-refractivity contribution in [3.05, 3.63) is 29.8 Å². The molecule has 4 N–H and O–H groups in total. The second-order valence-electron chi connectivity index (χ2n) is 4.10. The van der Waals surface area contributed by atoms with Crippen LogP contribution in [0.2, 0.25) is 0 Å². The summed E-state index contributed by atoms with van der Waals surface area (Å²) in [5.74, 6) is -1.13. The average molecular weight is 247 g/mol. The molecular weight excluding hydrogens is 234 g/mol. The Hall–Kier alpha value is -2.37. The van der Waals surface area contributed by atoms with E-state index in [1.165, 1.54) is 0 Å². The van der Waals surface area contributed by atoms with Crippen LogP contribution >= 0.6 is 0 Å². The Kier molecular flexibility index (Phi) is 3.27. The average Bonchev–Trinajstić information content (AvgIpc) is 2.33. The molecule has 1 fully saturated rings. The maximum absolute atomic E-state index is 11.8. The van der Waals surface area contributed by atoms with E-state index in [0.29, 0.717) is 17.7 Å². The fourth-order valence-electron chi connectivity index (χ4n) is 1.71. The first-order valence-electron chi connectivity index (χ1n) is 5.56. The minimum atomic E-state index is -0.659. The Morgan fingerprint density at radius 2 is 1.94 bits per heavy atom. The number of anilines is 1. The van der Waals surface area contributed by atoms with Gasteiger partial charge in [-0.25, -0.2) is 0 Å². The third-order valence-corrected chi connectivity index (χ3v) is 2.72. The molecule has 1 aliphatic rings. The number of benzene rings is 1. The van der Waals surface area contributed by atoms with Gasteiger partial charge >= 0.3 is 0 Å². The van der Waals surface area contributed by atoms with Crippen molar-refractivity contribution in [3.63, 3.8) is 0 Å². The van der Waals surface area contributed by atoms with Crippen molar-refractivity contribution < 1.29 is 14.4 Å². The molecule has 6 heteroatoms. The van der Waals surface area contributed by atoms with E-state index >= 15 is 0 Å². The highest BCUT2D eigenvalue weighted by Crippen LogP contribution is 2.08. The van der Waals surface area contributed by atoms with Crippen molar-refractivity contribution in [1.29, 1.82) is 0 Å². The first-order chi connectivity index (χ1) is 8.56. The van der Waals surface area contributed by atoms with Gasteiger partial charge in [-0.05, 0) is 30.7 Å². The predicted octanol–water partition coefficient (Wildman–Crippen LogP) is -0.196. The summed E-state index contributed by atoms with van der Waals surface area (Å²) in [4.78, 5) is 34.2. The number of carbonyl (C=O) groups is 3. The van der Waals surface area contributed by atoms with Crippen molar-refractivity contribution in [1.82, 2.24) is 10.6 Å². The van der Waals surface area contributed by atoms with Gasteiger partial charge in [0.15, 0.2) is 0 Å². The van der Waals surface area contributed by atoms with E-state index in [1.54, 1.807) is 24.3 Å². The normalized spacial score (nSPS) is 19.2. The van der Waals surface area contributed by atoms with E-state index in [0.717, 1.165) is 0 Å². The molecule has 1 aliphatic heterocycles. The van der Waals surface area contributed by atoms with Gasteiger partial charge in [0.25, 0.3) is 5.91 Å². The molecule has 0 aromatic heterocycles. The number of hydrogen-bond donors (Lipinski definition) is 3. The monoisotopic (exact) mass is 247 g/mol. The Bertz CT molecular complexity index is 496. The summed E-state index contributed by atoms with van der Waals surface area (Å²) in [6.07, 6.45) is 0.559. The number of imide groups is 1. The lowest BCUT2D eigenvalue weighted by atomic mass is 10.1. The zero-order chi connectivity index (χ0) is 13.1. The summed E-state index contributed by atoms with van der Waals surface area (Å²) < 4.78 is 0. The first-order valence-corrected chi connectivity index (χ1v) is 5.56. The molecule has 2 rings (SSSR count). The molecule has 3 amide bonds. The van der Waals surface area contributed by atoms with E-state index in [1.807, 2.05) is 0 Å². The van der Waals surface area contributed by atoms with Crippen LogP contribution in [0.4, 0.5) is 5.69 Å². The third kappa shape index (κ3) is 2.65. The maximum Gasteiger partial charge on any atom is 0.251 e. The quantitative estimate of drug-likeness (QED) is 0.497. The van der Waals surface area contributed by atoms with Crippen LogP contribution in [0, 0.1) is 0 Å². The van der Waals surface area contributed by atoms with Gasteiger partial charge in [0.2, 0.25) is 11.8 Å². The molecule has 94 valence electrons. The van der Waals surface area contributed by atoms with E-state index in [2.05, 4.69) is 10.6 Å². The third-order valence-electron chi connectivity index (χ3n) is 2.72. The summed E-state index contributed by atoms with van der Waals surface area (Å²) in [5.41, 5.74) is 6.50. The summed E-state index contributed by atoms with van der Waals surface area (Å²) >= 11 is 0. The summed E-state index contributed by atoms with van der Waals surface area (Å²) in [7, 11) is 0. The lowest BCUT2D eigenvalue weighted by molar-refractivity contribution is -0.134. The summed E-state index contributed by atoms with van der Waals surface area (Å²) in [6, 6.07) is 5.72. The number of amides is 3. The Balaban J connectivity index is 2.01. The van der Waals surface area contributed by atoms with Gasteiger partial charge in [0, 0.05) is 17.7 Å². The minimum absolute atomic E-state index is 0.235. The van der Waals surface area contributed by atoms with Crippen LogP contribution in [0.25, 0.3) is 0 Å². The predicted molar refractivity (Wildman–Crippen MR) is 64.5 cm³/mol. The molecule has 0 bridgehead atoms. The molecule has 1 saturated heterocycles. The standard InChI is InChI=1S/C12H13N3O3/c13-8-3-1-7(2-4-8)11(17)14-9-5-6-10(16)15-12(9)18/h1-4,9H,5-6,13H2,(H,14,17)(H,15,16,18)/t9-/m0/s1. The molecule has 1 aromatic carbocycles. The van der Waals surface area contributed by atoms with Gasteiger partial charge in [-0.2, -0.15) is 0 Å². The van der Waals surface area contributed by atoms with Crippen molar-refractivity contribution in [2.24, 2.45) is 0 Å². The molecule has 0 aliphatic carbocycles. The molecule has 0 saturated carbocycles. The van der Waals surface area contributed by atoms with Crippen molar-refractivity contribution >= 4 is 23.4 Å². The maximum atomic E-state index is 11.8. The fraction of sp³-hybridized carbons (Fsp3) is 0.250. The second kappa shape index (κ2) is 4.87. The van der Waals surface area contributed by atoms with Crippen molar-refractivity contribution in [2.45, 2.75) is 18.9 Å². The molecule has 1 atom stereocenters. The van der Waals surface area contributed by atoms with E-state index < -0.39 is 11.9 Å². The number of rotatable bonds is 2. The molecule has 1 heterocycles. The van der Waals surface area contributed by atoms with Crippen LogP contribution in [-0.2, 0) is 9.59 Å². The van der Waals surface area contributed by atoms with Gasteiger partial charge in [-0.1, -0.05) is 0 Å². The number of nitrogen functional groups attached to an aromatic ring is 1. The van der Waals surface area contributed by atoms with Gasteiger partial charge in [-0.3, -0.25) is 19.7 Å². The number of nitrogens with two attached hydrogens (primary N) is 1. The SMILES string of the molecule is Nc1ccc(C(=O)N[C@H]2CCC(=O)NC2=O)cc1. The first kappa shape index (κ1) is 12.1. The molecule has 1 aromatic rings. The number of piperidine rings is 1. The minimum Gasteiger partial charge on any atom is -0.399 e. The van der Waals surface area contributed by atoms with Gasteiger partial charge in [0.05, 0.1) is 0 Å². The molecule has 0 radical (unpaired) electrons. The highest BCUT2D eigenvalue weighted by Gasteiger charge is 2.27. The fourth-order valence-corrected chi connectivity index (χ4v) is 1.71. The molecule has 18 heavy (non-hydrogen) atoms. The largest absolute Gasteiger partial charge is 0.399 e. The van der Waals surface area contributed by atoms with Crippen LogP contribution in [0.15, 0.2) is 24.3 Å². The van der Waals surface area contributed by atoms with E-state index in [-0.39, 0.29) is 18.2 Å². The van der Waals surface area contributed by atoms with Gasteiger partial charge < -0.3 is 11.1 Å². The smallest absolute Gasteiger partial charge is 0.251 e. The molecule has 0 spiro atoms. The van der Waals surface area contributed by atoms with Crippen LogP contribution < -0.4 is 16.4 Å². The Labute approximate surface area is 104 Å². The highest BCUT2D eigenvalue weighted by molar-refractivity contribution is 6.03. The Morgan fingerprint density at radius 3 is 2.56 bits per heavy atom. The topological polar surface area (TPSA) is 101 Å².